The number of likely N-dealkylation sites (tertiary alicyclic amines) is 1. The third kappa shape index (κ3) is 2.96. The third-order valence-electron chi connectivity index (χ3n) is 4.51. The lowest BCUT2D eigenvalue weighted by atomic mass is 9.92. The Labute approximate surface area is 119 Å². The number of piperidine rings is 1. The van der Waals surface area contributed by atoms with Crippen molar-refractivity contribution in [1.82, 2.24) is 4.90 Å². The summed E-state index contributed by atoms with van der Waals surface area (Å²) in [6.45, 7) is 5.19. The summed E-state index contributed by atoms with van der Waals surface area (Å²) in [6.07, 6.45) is 3.40. The number of fused-ring (bicyclic) bond motifs is 1. The van der Waals surface area contributed by atoms with E-state index in [2.05, 4.69) is 11.8 Å². The highest BCUT2D eigenvalue weighted by Gasteiger charge is 2.28. The molecule has 0 aliphatic carbocycles. The lowest BCUT2D eigenvalue weighted by Crippen LogP contribution is -2.45. The first kappa shape index (κ1) is 13.8. The molecule has 110 valence electrons. The molecule has 0 saturated carbocycles. The van der Waals surface area contributed by atoms with Crippen LogP contribution in [-0.2, 0) is 6.42 Å². The molecule has 2 aliphatic heterocycles. The Hall–Kier alpha value is -1.13. The molecule has 2 aliphatic rings. The zero-order valence-corrected chi connectivity index (χ0v) is 12.0. The average molecular weight is 278 g/mol. The molecule has 4 heteroatoms. The predicted octanol–water partition coefficient (Wildman–Crippen LogP) is 2.19. The minimum absolute atomic E-state index is 0.152. The van der Waals surface area contributed by atoms with Crippen LogP contribution in [0.1, 0.15) is 25.3 Å². The van der Waals surface area contributed by atoms with Gasteiger partial charge in [0, 0.05) is 31.1 Å². The summed E-state index contributed by atoms with van der Waals surface area (Å²) in [5, 5.41) is 0. The van der Waals surface area contributed by atoms with Gasteiger partial charge in [-0.1, -0.05) is 0 Å². The number of ether oxygens (including phenoxy) is 1. The second-order valence-corrected chi connectivity index (χ2v) is 6.22. The molecule has 2 heterocycles. The van der Waals surface area contributed by atoms with Crippen LogP contribution in [0.15, 0.2) is 18.2 Å². The van der Waals surface area contributed by atoms with Gasteiger partial charge in [-0.05, 0) is 50.4 Å². The standard InChI is InChI=1S/C16H23FN2O/c1-11(18)12-3-2-6-19(9-12)10-15-8-13-7-14(17)4-5-16(13)20-15/h4-5,7,11-12,15H,2-3,6,8-10,18H2,1H3. The zero-order valence-electron chi connectivity index (χ0n) is 12.0. The van der Waals surface area contributed by atoms with Crippen LogP contribution >= 0.6 is 0 Å². The highest BCUT2D eigenvalue weighted by atomic mass is 19.1. The van der Waals surface area contributed by atoms with Crippen molar-refractivity contribution in [2.45, 2.75) is 38.3 Å². The monoisotopic (exact) mass is 278 g/mol. The van der Waals surface area contributed by atoms with Gasteiger partial charge in [0.2, 0.25) is 0 Å². The molecule has 1 aromatic carbocycles. The van der Waals surface area contributed by atoms with E-state index in [4.69, 9.17) is 10.5 Å². The Morgan fingerprint density at radius 3 is 3.15 bits per heavy atom. The molecule has 0 bridgehead atoms. The number of nitrogens with two attached hydrogens (primary N) is 1. The van der Waals surface area contributed by atoms with Gasteiger partial charge in [0.25, 0.3) is 0 Å². The van der Waals surface area contributed by atoms with Gasteiger partial charge < -0.3 is 10.5 Å². The maximum atomic E-state index is 13.2. The largest absolute Gasteiger partial charge is 0.488 e. The maximum absolute atomic E-state index is 13.2. The Morgan fingerprint density at radius 2 is 2.35 bits per heavy atom. The second kappa shape index (κ2) is 5.70. The van der Waals surface area contributed by atoms with E-state index >= 15 is 0 Å². The van der Waals surface area contributed by atoms with Gasteiger partial charge in [0.1, 0.15) is 17.7 Å². The molecule has 1 aromatic rings. The Morgan fingerprint density at radius 1 is 1.50 bits per heavy atom. The number of halogens is 1. The Bertz CT molecular complexity index is 478. The van der Waals surface area contributed by atoms with E-state index in [1.54, 1.807) is 12.1 Å². The average Bonchev–Trinajstić information content (AvgIpc) is 2.80. The molecular weight excluding hydrogens is 255 g/mol. The molecule has 0 aromatic heterocycles. The number of hydrogen-bond acceptors (Lipinski definition) is 3. The van der Waals surface area contributed by atoms with Crippen molar-refractivity contribution < 1.29 is 9.13 Å². The molecule has 0 spiro atoms. The van der Waals surface area contributed by atoms with Crippen molar-refractivity contribution in [2.24, 2.45) is 11.7 Å². The topological polar surface area (TPSA) is 38.5 Å². The summed E-state index contributed by atoms with van der Waals surface area (Å²) < 4.78 is 19.1. The summed E-state index contributed by atoms with van der Waals surface area (Å²) >= 11 is 0. The van der Waals surface area contributed by atoms with E-state index in [1.165, 1.54) is 18.9 Å². The minimum Gasteiger partial charge on any atom is -0.488 e. The number of hydrogen-bond donors (Lipinski definition) is 1. The molecule has 20 heavy (non-hydrogen) atoms. The minimum atomic E-state index is -0.178. The first-order valence-corrected chi connectivity index (χ1v) is 7.55. The van der Waals surface area contributed by atoms with Crippen LogP contribution in [0.25, 0.3) is 0 Å². The fraction of sp³-hybridized carbons (Fsp3) is 0.625. The van der Waals surface area contributed by atoms with Crippen molar-refractivity contribution >= 4 is 0 Å². The fourth-order valence-corrected chi connectivity index (χ4v) is 3.37. The second-order valence-electron chi connectivity index (χ2n) is 6.22. The summed E-state index contributed by atoms with van der Waals surface area (Å²) in [7, 11) is 0. The smallest absolute Gasteiger partial charge is 0.123 e. The highest BCUT2D eigenvalue weighted by molar-refractivity contribution is 5.37. The van der Waals surface area contributed by atoms with Gasteiger partial charge in [0.05, 0.1) is 0 Å². The molecule has 2 N–H and O–H groups in total. The SMILES string of the molecule is CC(N)C1CCCN(CC2Cc3cc(F)ccc3O2)C1. The lowest BCUT2D eigenvalue weighted by molar-refractivity contribution is 0.104. The maximum Gasteiger partial charge on any atom is 0.123 e. The van der Waals surface area contributed by atoms with E-state index in [0.29, 0.717) is 5.92 Å². The van der Waals surface area contributed by atoms with Crippen LogP contribution < -0.4 is 10.5 Å². The van der Waals surface area contributed by atoms with Crippen LogP contribution in [0, 0.1) is 11.7 Å². The van der Waals surface area contributed by atoms with Crippen molar-refractivity contribution in [1.29, 1.82) is 0 Å². The van der Waals surface area contributed by atoms with E-state index in [-0.39, 0.29) is 18.0 Å². The summed E-state index contributed by atoms with van der Waals surface area (Å²) in [5.41, 5.74) is 7.02. The van der Waals surface area contributed by atoms with Crippen LogP contribution in [0.2, 0.25) is 0 Å². The van der Waals surface area contributed by atoms with E-state index in [0.717, 1.165) is 37.4 Å². The normalized spacial score (nSPS) is 27.9. The summed E-state index contributed by atoms with van der Waals surface area (Å²) in [6, 6.07) is 5.06. The summed E-state index contributed by atoms with van der Waals surface area (Å²) in [4.78, 5) is 2.45. The van der Waals surface area contributed by atoms with Gasteiger partial charge in [-0.15, -0.1) is 0 Å². The molecule has 3 unspecified atom stereocenters. The Kier molecular flexibility index (Phi) is 3.94. The number of nitrogens with zero attached hydrogens (tertiary/aromatic N) is 1. The van der Waals surface area contributed by atoms with Crippen LogP contribution in [0.3, 0.4) is 0 Å². The van der Waals surface area contributed by atoms with Crippen LogP contribution in [0.4, 0.5) is 4.39 Å². The van der Waals surface area contributed by atoms with Gasteiger partial charge in [0.15, 0.2) is 0 Å². The molecular formula is C16H23FN2O. The first-order valence-electron chi connectivity index (χ1n) is 7.55. The number of benzene rings is 1. The molecule has 3 rings (SSSR count). The van der Waals surface area contributed by atoms with Crippen molar-refractivity contribution in [3.05, 3.63) is 29.6 Å². The van der Waals surface area contributed by atoms with Crippen LogP contribution in [0.5, 0.6) is 5.75 Å². The van der Waals surface area contributed by atoms with Crippen molar-refractivity contribution in [3.63, 3.8) is 0 Å². The highest BCUT2D eigenvalue weighted by Crippen LogP contribution is 2.30. The molecule has 1 saturated heterocycles. The first-order chi connectivity index (χ1) is 9.61. The fourth-order valence-electron chi connectivity index (χ4n) is 3.37. The van der Waals surface area contributed by atoms with Gasteiger partial charge in [-0.25, -0.2) is 4.39 Å². The zero-order chi connectivity index (χ0) is 14.1. The summed E-state index contributed by atoms with van der Waals surface area (Å²) in [5.74, 6) is 1.25. The van der Waals surface area contributed by atoms with E-state index in [9.17, 15) is 4.39 Å². The van der Waals surface area contributed by atoms with Gasteiger partial charge in [-0.3, -0.25) is 4.90 Å². The molecule has 1 fully saturated rings. The molecule has 3 atom stereocenters. The Balaban J connectivity index is 1.57. The van der Waals surface area contributed by atoms with Gasteiger partial charge in [-0.2, -0.15) is 0 Å². The van der Waals surface area contributed by atoms with Crippen LogP contribution in [-0.4, -0.2) is 36.7 Å². The molecule has 0 amide bonds. The van der Waals surface area contributed by atoms with E-state index < -0.39 is 0 Å². The lowest BCUT2D eigenvalue weighted by Gasteiger charge is -2.35. The van der Waals surface area contributed by atoms with Crippen molar-refractivity contribution in [3.8, 4) is 5.75 Å². The quantitative estimate of drug-likeness (QED) is 0.921. The molecule has 3 nitrogen and oxygen atoms in total. The van der Waals surface area contributed by atoms with Gasteiger partial charge >= 0.3 is 0 Å². The molecule has 0 radical (unpaired) electrons. The third-order valence-corrected chi connectivity index (χ3v) is 4.51. The number of rotatable bonds is 3. The van der Waals surface area contributed by atoms with E-state index in [1.807, 2.05) is 0 Å². The predicted molar refractivity (Wildman–Crippen MR) is 77.3 cm³/mol. The van der Waals surface area contributed by atoms with Crippen molar-refractivity contribution in [2.75, 3.05) is 19.6 Å².